The van der Waals surface area contributed by atoms with Crippen LogP contribution in [0.5, 0.6) is 0 Å². The van der Waals surface area contributed by atoms with Crippen molar-refractivity contribution in [3.63, 3.8) is 0 Å². The molecule has 0 saturated heterocycles. The maximum absolute atomic E-state index is 12.0. The first kappa shape index (κ1) is 16.4. The lowest BCUT2D eigenvalue weighted by Crippen LogP contribution is -2.37. The van der Waals surface area contributed by atoms with E-state index in [2.05, 4.69) is 32.6 Å². The normalized spacial score (nSPS) is 14.7. The van der Waals surface area contributed by atoms with Gasteiger partial charge in [0.25, 0.3) is 0 Å². The predicted molar refractivity (Wildman–Crippen MR) is 71.8 cm³/mol. The summed E-state index contributed by atoms with van der Waals surface area (Å²) in [6.07, 6.45) is 3.97. The monoisotopic (exact) mass is 243 g/mol. The summed E-state index contributed by atoms with van der Waals surface area (Å²) in [6, 6.07) is 0. The molecule has 0 heterocycles. The Labute approximate surface area is 107 Å². The number of hydrogen-bond donors (Lipinski definition) is 0. The van der Waals surface area contributed by atoms with Gasteiger partial charge in [-0.3, -0.25) is 9.69 Å². The Kier molecular flexibility index (Phi) is 9.14. The molecule has 3 nitrogen and oxygen atoms in total. The minimum absolute atomic E-state index is 0.0275. The van der Waals surface area contributed by atoms with E-state index in [9.17, 15) is 4.79 Å². The Hall–Kier alpha value is -0.570. The Balaban J connectivity index is 4.19. The van der Waals surface area contributed by atoms with Gasteiger partial charge in [-0.15, -0.1) is 0 Å². The molecule has 0 aliphatic rings. The van der Waals surface area contributed by atoms with Crippen molar-refractivity contribution in [3.8, 4) is 0 Å². The standard InChI is InChI=1S/C14H29NO2/c1-6-10-11-13(7-2)14(16)17-12(5)15(8-3)9-4/h12-13H,6-11H2,1-5H3. The van der Waals surface area contributed by atoms with Gasteiger partial charge >= 0.3 is 5.97 Å². The quantitative estimate of drug-likeness (QED) is 0.459. The molecule has 17 heavy (non-hydrogen) atoms. The van der Waals surface area contributed by atoms with Gasteiger partial charge in [-0.1, -0.05) is 40.5 Å². The predicted octanol–water partition coefficient (Wildman–Crippen LogP) is 3.43. The van der Waals surface area contributed by atoms with Crippen molar-refractivity contribution in [2.45, 2.75) is 66.5 Å². The van der Waals surface area contributed by atoms with Crippen molar-refractivity contribution in [1.82, 2.24) is 4.90 Å². The summed E-state index contributed by atoms with van der Waals surface area (Å²) in [6.45, 7) is 12.2. The zero-order valence-electron chi connectivity index (χ0n) is 12.2. The molecule has 3 heteroatoms. The van der Waals surface area contributed by atoms with E-state index in [1.807, 2.05) is 6.92 Å². The van der Waals surface area contributed by atoms with E-state index < -0.39 is 0 Å². The average Bonchev–Trinajstić information content (AvgIpc) is 2.31. The van der Waals surface area contributed by atoms with Gasteiger partial charge in [0.15, 0.2) is 6.23 Å². The average molecular weight is 243 g/mol. The summed E-state index contributed by atoms with van der Waals surface area (Å²) in [4.78, 5) is 14.1. The van der Waals surface area contributed by atoms with Crippen LogP contribution in [0.25, 0.3) is 0 Å². The van der Waals surface area contributed by atoms with Gasteiger partial charge in [0.2, 0.25) is 0 Å². The lowest BCUT2D eigenvalue weighted by atomic mass is 10.00. The zero-order chi connectivity index (χ0) is 13.3. The smallest absolute Gasteiger partial charge is 0.310 e. The van der Waals surface area contributed by atoms with Crippen LogP contribution in [0.2, 0.25) is 0 Å². The fourth-order valence-electron chi connectivity index (χ4n) is 2.02. The first-order valence-electron chi connectivity index (χ1n) is 7.05. The van der Waals surface area contributed by atoms with Crippen LogP contribution < -0.4 is 0 Å². The molecule has 2 unspecified atom stereocenters. The van der Waals surface area contributed by atoms with E-state index in [0.717, 1.165) is 38.8 Å². The van der Waals surface area contributed by atoms with E-state index >= 15 is 0 Å². The molecule has 2 atom stereocenters. The highest BCUT2D eigenvalue weighted by Crippen LogP contribution is 2.16. The number of nitrogens with zero attached hydrogens (tertiary/aromatic N) is 1. The topological polar surface area (TPSA) is 29.5 Å². The molecule has 0 N–H and O–H groups in total. The van der Waals surface area contributed by atoms with E-state index in [-0.39, 0.29) is 18.1 Å². The van der Waals surface area contributed by atoms with Crippen molar-refractivity contribution in [3.05, 3.63) is 0 Å². The van der Waals surface area contributed by atoms with E-state index in [1.165, 1.54) is 0 Å². The molecule has 0 aromatic rings. The van der Waals surface area contributed by atoms with Crippen LogP contribution >= 0.6 is 0 Å². The second kappa shape index (κ2) is 9.46. The number of hydrogen-bond acceptors (Lipinski definition) is 3. The first-order valence-corrected chi connectivity index (χ1v) is 7.05. The minimum atomic E-state index is -0.104. The van der Waals surface area contributed by atoms with Gasteiger partial charge in [0.1, 0.15) is 0 Å². The van der Waals surface area contributed by atoms with Gasteiger partial charge in [0.05, 0.1) is 5.92 Å². The van der Waals surface area contributed by atoms with Crippen LogP contribution in [0.15, 0.2) is 0 Å². The van der Waals surface area contributed by atoms with Gasteiger partial charge in [0, 0.05) is 0 Å². The third-order valence-electron chi connectivity index (χ3n) is 3.35. The van der Waals surface area contributed by atoms with Gasteiger partial charge in [-0.05, 0) is 32.9 Å². The maximum atomic E-state index is 12.0. The van der Waals surface area contributed by atoms with Crippen LogP contribution in [0, 0.1) is 5.92 Å². The molecule has 102 valence electrons. The molecule has 0 aromatic heterocycles. The molecule has 0 fully saturated rings. The summed E-state index contributed by atoms with van der Waals surface area (Å²) in [5.74, 6) is 0.0494. The van der Waals surface area contributed by atoms with Crippen LogP contribution in [-0.2, 0) is 9.53 Å². The number of carbonyl (C=O) groups excluding carboxylic acids is 1. The Morgan fingerprint density at radius 1 is 1.18 bits per heavy atom. The highest BCUT2D eigenvalue weighted by molar-refractivity contribution is 5.72. The molecular weight excluding hydrogens is 214 g/mol. The highest BCUT2D eigenvalue weighted by atomic mass is 16.6. The van der Waals surface area contributed by atoms with Crippen molar-refractivity contribution in [1.29, 1.82) is 0 Å². The molecule has 0 radical (unpaired) electrons. The largest absolute Gasteiger partial charge is 0.446 e. The van der Waals surface area contributed by atoms with E-state index in [4.69, 9.17) is 4.74 Å². The van der Waals surface area contributed by atoms with Gasteiger partial charge < -0.3 is 4.74 Å². The molecule has 0 rings (SSSR count). The van der Waals surface area contributed by atoms with Crippen LogP contribution in [-0.4, -0.2) is 30.2 Å². The fourth-order valence-corrected chi connectivity index (χ4v) is 2.02. The second-order valence-corrected chi connectivity index (χ2v) is 4.50. The summed E-state index contributed by atoms with van der Waals surface area (Å²) >= 11 is 0. The van der Waals surface area contributed by atoms with Gasteiger partial charge in [-0.25, -0.2) is 0 Å². The van der Waals surface area contributed by atoms with Gasteiger partial charge in [-0.2, -0.15) is 0 Å². The molecular formula is C14H29NO2. The molecule has 0 spiro atoms. The fraction of sp³-hybridized carbons (Fsp3) is 0.929. The molecule has 0 amide bonds. The molecule has 0 bridgehead atoms. The third-order valence-corrected chi connectivity index (χ3v) is 3.35. The lowest BCUT2D eigenvalue weighted by Gasteiger charge is -2.27. The second-order valence-electron chi connectivity index (χ2n) is 4.50. The van der Waals surface area contributed by atoms with Crippen molar-refractivity contribution >= 4 is 5.97 Å². The van der Waals surface area contributed by atoms with Crippen LogP contribution in [0.4, 0.5) is 0 Å². The van der Waals surface area contributed by atoms with Crippen molar-refractivity contribution in [2.75, 3.05) is 13.1 Å². The molecule has 0 aromatic carbocycles. The third kappa shape index (κ3) is 6.06. The SMILES string of the molecule is CCCCC(CC)C(=O)OC(C)N(CC)CC. The number of esters is 1. The highest BCUT2D eigenvalue weighted by Gasteiger charge is 2.21. The molecule has 0 aliphatic carbocycles. The summed E-state index contributed by atoms with van der Waals surface area (Å²) in [5, 5.41) is 0. The minimum Gasteiger partial charge on any atom is -0.446 e. The Morgan fingerprint density at radius 2 is 1.76 bits per heavy atom. The number of unbranched alkanes of at least 4 members (excludes halogenated alkanes) is 1. The summed E-state index contributed by atoms with van der Waals surface area (Å²) in [5.41, 5.74) is 0. The van der Waals surface area contributed by atoms with Crippen LogP contribution in [0.3, 0.4) is 0 Å². The van der Waals surface area contributed by atoms with E-state index in [0.29, 0.717) is 0 Å². The van der Waals surface area contributed by atoms with E-state index in [1.54, 1.807) is 0 Å². The first-order chi connectivity index (χ1) is 8.10. The van der Waals surface area contributed by atoms with Crippen molar-refractivity contribution in [2.24, 2.45) is 5.92 Å². The molecule has 0 aliphatic heterocycles. The number of rotatable bonds is 9. The zero-order valence-corrected chi connectivity index (χ0v) is 12.2. The Bertz CT molecular complexity index is 202. The molecule has 0 saturated carbocycles. The van der Waals surface area contributed by atoms with Crippen molar-refractivity contribution < 1.29 is 9.53 Å². The summed E-state index contributed by atoms with van der Waals surface area (Å²) < 4.78 is 5.53. The summed E-state index contributed by atoms with van der Waals surface area (Å²) in [7, 11) is 0. The number of carbonyl (C=O) groups is 1. The Morgan fingerprint density at radius 3 is 2.18 bits per heavy atom. The van der Waals surface area contributed by atoms with Crippen LogP contribution in [0.1, 0.15) is 60.3 Å². The number of ether oxygens (including phenoxy) is 1. The lowest BCUT2D eigenvalue weighted by molar-refractivity contribution is -0.162. The maximum Gasteiger partial charge on any atom is 0.310 e.